The zero-order chi connectivity index (χ0) is 7.03. The van der Waals surface area contributed by atoms with Gasteiger partial charge in [0.05, 0.1) is 0 Å². The molecule has 0 aromatic carbocycles. The van der Waals surface area contributed by atoms with Gasteiger partial charge in [-0.25, -0.2) is 5.01 Å². The topological polar surface area (TPSA) is 38.5 Å². The lowest BCUT2D eigenvalue weighted by atomic mass is 9.74. The van der Waals surface area contributed by atoms with Crippen LogP contribution in [0.1, 0.15) is 12.8 Å². The van der Waals surface area contributed by atoms with Gasteiger partial charge >= 0.3 is 0 Å². The highest BCUT2D eigenvalue weighted by Crippen LogP contribution is 2.37. The van der Waals surface area contributed by atoms with Gasteiger partial charge in [-0.3, -0.25) is 5.84 Å². The zero-order valence-corrected chi connectivity index (χ0v) is 6.18. The molecule has 0 unspecified atom stereocenters. The molecule has 1 spiro atoms. The van der Waals surface area contributed by atoms with Gasteiger partial charge in [-0.15, -0.1) is 0 Å². The molecular weight excluding hydrogens is 128 g/mol. The predicted octanol–water partition coefficient (Wildman–Crippen LogP) is -0.0275. The Hall–Kier alpha value is -0.120. The maximum Gasteiger partial charge on any atom is 0.0472 e. The second-order valence-electron chi connectivity index (χ2n) is 3.52. The first kappa shape index (κ1) is 6.58. The summed E-state index contributed by atoms with van der Waals surface area (Å²) in [6, 6.07) is 0. The first-order valence-electron chi connectivity index (χ1n) is 3.88. The zero-order valence-electron chi connectivity index (χ0n) is 6.18. The van der Waals surface area contributed by atoms with Crippen LogP contribution in [0, 0.1) is 5.41 Å². The third-order valence-corrected chi connectivity index (χ3v) is 2.63. The second kappa shape index (κ2) is 2.19. The Morgan fingerprint density at radius 1 is 1.20 bits per heavy atom. The summed E-state index contributed by atoms with van der Waals surface area (Å²) in [6.07, 6.45) is 2.42. The Balaban J connectivity index is 1.90. The van der Waals surface area contributed by atoms with E-state index in [1.165, 1.54) is 12.8 Å². The Kier molecular flexibility index (Phi) is 1.44. The van der Waals surface area contributed by atoms with E-state index >= 15 is 0 Å². The van der Waals surface area contributed by atoms with Crippen LogP contribution in [0.4, 0.5) is 0 Å². The van der Waals surface area contributed by atoms with Gasteiger partial charge in [0.2, 0.25) is 0 Å². The minimum absolute atomic E-state index is 0.549. The molecule has 2 aliphatic heterocycles. The molecule has 2 aliphatic rings. The van der Waals surface area contributed by atoms with Crippen molar-refractivity contribution < 1.29 is 4.74 Å². The van der Waals surface area contributed by atoms with Crippen LogP contribution in [0.2, 0.25) is 0 Å². The highest BCUT2D eigenvalue weighted by atomic mass is 16.5. The van der Waals surface area contributed by atoms with Crippen LogP contribution in [0.3, 0.4) is 0 Å². The molecule has 58 valence electrons. The Labute approximate surface area is 61.1 Å². The molecule has 0 amide bonds. The molecule has 2 rings (SSSR count). The summed E-state index contributed by atoms with van der Waals surface area (Å²) in [5.74, 6) is 5.58. The molecular formula is C7H14N2O. The number of hydrazine groups is 1. The summed E-state index contributed by atoms with van der Waals surface area (Å²) in [5.41, 5.74) is 0.549. The largest absolute Gasteiger partial charge is 0.381 e. The lowest BCUT2D eigenvalue weighted by Crippen LogP contribution is -2.61. The standard InChI is InChI=1S/C7H14N2O/c8-9-5-7(6-9)1-3-10-4-2-7/h1-6,8H2. The van der Waals surface area contributed by atoms with E-state index in [-0.39, 0.29) is 0 Å². The van der Waals surface area contributed by atoms with Gasteiger partial charge in [-0.1, -0.05) is 0 Å². The summed E-state index contributed by atoms with van der Waals surface area (Å²) in [7, 11) is 0. The number of hydrogen-bond acceptors (Lipinski definition) is 3. The van der Waals surface area contributed by atoms with Crippen LogP contribution < -0.4 is 5.84 Å². The van der Waals surface area contributed by atoms with Gasteiger partial charge in [0.25, 0.3) is 0 Å². The average molecular weight is 142 g/mol. The van der Waals surface area contributed by atoms with Gasteiger partial charge < -0.3 is 4.74 Å². The van der Waals surface area contributed by atoms with Crippen LogP contribution in [0.25, 0.3) is 0 Å². The van der Waals surface area contributed by atoms with Crippen LogP contribution in [0.5, 0.6) is 0 Å². The molecule has 2 heterocycles. The summed E-state index contributed by atoms with van der Waals surface area (Å²) in [5, 5.41) is 1.89. The van der Waals surface area contributed by atoms with E-state index in [1.54, 1.807) is 0 Å². The lowest BCUT2D eigenvalue weighted by Gasteiger charge is -2.50. The van der Waals surface area contributed by atoms with Gasteiger partial charge in [-0.05, 0) is 12.8 Å². The van der Waals surface area contributed by atoms with Crippen LogP contribution in [0.15, 0.2) is 0 Å². The van der Waals surface area contributed by atoms with E-state index in [0.29, 0.717) is 5.41 Å². The first-order valence-corrected chi connectivity index (χ1v) is 3.88. The van der Waals surface area contributed by atoms with E-state index in [0.717, 1.165) is 26.3 Å². The average Bonchev–Trinajstić information content (AvgIpc) is 1.87. The number of hydrogen-bond donors (Lipinski definition) is 1. The molecule has 0 saturated carbocycles. The smallest absolute Gasteiger partial charge is 0.0472 e. The summed E-state index contributed by atoms with van der Waals surface area (Å²) >= 11 is 0. The number of nitrogens with zero attached hydrogens (tertiary/aromatic N) is 1. The molecule has 0 aromatic rings. The molecule has 0 aromatic heterocycles. The first-order chi connectivity index (χ1) is 4.81. The fourth-order valence-electron chi connectivity index (χ4n) is 1.94. The van der Waals surface area contributed by atoms with Crippen molar-refractivity contribution in [2.45, 2.75) is 12.8 Å². The number of ether oxygens (including phenoxy) is 1. The molecule has 2 N–H and O–H groups in total. The molecule has 3 nitrogen and oxygen atoms in total. The van der Waals surface area contributed by atoms with Crippen molar-refractivity contribution in [1.82, 2.24) is 5.01 Å². The van der Waals surface area contributed by atoms with Gasteiger partial charge in [0.1, 0.15) is 0 Å². The number of rotatable bonds is 0. The van der Waals surface area contributed by atoms with E-state index in [2.05, 4.69) is 0 Å². The molecule has 0 radical (unpaired) electrons. The van der Waals surface area contributed by atoms with Crippen LogP contribution in [-0.2, 0) is 4.74 Å². The highest BCUT2D eigenvalue weighted by Gasteiger charge is 2.42. The van der Waals surface area contributed by atoms with Crippen LogP contribution in [-0.4, -0.2) is 31.3 Å². The maximum absolute atomic E-state index is 5.58. The van der Waals surface area contributed by atoms with E-state index < -0.39 is 0 Å². The molecule has 0 aliphatic carbocycles. The minimum atomic E-state index is 0.549. The third kappa shape index (κ3) is 0.944. The Morgan fingerprint density at radius 3 is 2.30 bits per heavy atom. The quantitative estimate of drug-likeness (QED) is 0.483. The normalized spacial score (nSPS) is 32.1. The lowest BCUT2D eigenvalue weighted by molar-refractivity contribution is -0.0811. The molecule has 2 fully saturated rings. The van der Waals surface area contributed by atoms with E-state index in [4.69, 9.17) is 10.6 Å². The van der Waals surface area contributed by atoms with Crippen molar-refractivity contribution in [2.75, 3.05) is 26.3 Å². The van der Waals surface area contributed by atoms with Crippen molar-refractivity contribution in [3.8, 4) is 0 Å². The molecule has 3 heteroatoms. The molecule has 0 bridgehead atoms. The van der Waals surface area contributed by atoms with Crippen molar-refractivity contribution in [3.05, 3.63) is 0 Å². The van der Waals surface area contributed by atoms with Crippen molar-refractivity contribution in [3.63, 3.8) is 0 Å². The SMILES string of the molecule is NN1CC2(CCOCC2)C1. The predicted molar refractivity (Wildman–Crippen MR) is 38.2 cm³/mol. The van der Waals surface area contributed by atoms with Gasteiger partial charge in [0, 0.05) is 31.7 Å². The second-order valence-corrected chi connectivity index (χ2v) is 3.52. The summed E-state index contributed by atoms with van der Waals surface area (Å²) in [4.78, 5) is 0. The fraction of sp³-hybridized carbons (Fsp3) is 1.00. The maximum atomic E-state index is 5.58. The molecule has 10 heavy (non-hydrogen) atoms. The Bertz CT molecular complexity index is 116. The van der Waals surface area contributed by atoms with Gasteiger partial charge in [-0.2, -0.15) is 0 Å². The summed E-state index contributed by atoms with van der Waals surface area (Å²) in [6.45, 7) is 4.04. The van der Waals surface area contributed by atoms with Crippen molar-refractivity contribution in [1.29, 1.82) is 0 Å². The highest BCUT2D eigenvalue weighted by molar-refractivity contribution is 4.93. The third-order valence-electron chi connectivity index (χ3n) is 2.63. The molecule has 2 saturated heterocycles. The monoisotopic (exact) mass is 142 g/mol. The van der Waals surface area contributed by atoms with Crippen molar-refractivity contribution >= 4 is 0 Å². The Morgan fingerprint density at radius 2 is 1.80 bits per heavy atom. The van der Waals surface area contributed by atoms with Crippen molar-refractivity contribution in [2.24, 2.45) is 11.3 Å². The van der Waals surface area contributed by atoms with Crippen LogP contribution >= 0.6 is 0 Å². The minimum Gasteiger partial charge on any atom is -0.381 e. The summed E-state index contributed by atoms with van der Waals surface area (Å²) < 4.78 is 5.28. The fourth-order valence-corrected chi connectivity index (χ4v) is 1.94. The number of nitrogens with two attached hydrogens (primary N) is 1. The van der Waals surface area contributed by atoms with E-state index in [1.807, 2.05) is 5.01 Å². The molecule has 0 atom stereocenters. The van der Waals surface area contributed by atoms with Gasteiger partial charge in [0.15, 0.2) is 0 Å². The van der Waals surface area contributed by atoms with E-state index in [9.17, 15) is 0 Å².